The Morgan fingerprint density at radius 1 is 1.11 bits per heavy atom. The molecule has 0 aromatic heterocycles. The summed E-state index contributed by atoms with van der Waals surface area (Å²) in [4.78, 5) is 50.2. The van der Waals surface area contributed by atoms with Crippen molar-refractivity contribution in [1.82, 2.24) is 10.2 Å². The predicted octanol–water partition coefficient (Wildman–Crippen LogP) is 0.779. The largest absolute Gasteiger partial charge is 0.445 e. The minimum Gasteiger partial charge on any atom is -0.445 e. The second kappa shape index (κ2) is 9.82. The van der Waals surface area contributed by atoms with Crippen molar-refractivity contribution in [2.75, 3.05) is 13.1 Å². The third-order valence-corrected chi connectivity index (χ3v) is 4.45. The number of alkyl carbamates (subject to hydrolysis) is 1. The number of Topliss-reactive ketones (excluding diaryl/α,β-unsaturated/α-hetero) is 2. The lowest BCUT2D eigenvalue weighted by atomic mass is 9.99. The number of benzene rings is 1. The van der Waals surface area contributed by atoms with Gasteiger partial charge in [-0.05, 0) is 31.7 Å². The Balaban J connectivity index is 2.02. The van der Waals surface area contributed by atoms with Gasteiger partial charge >= 0.3 is 6.09 Å². The van der Waals surface area contributed by atoms with E-state index in [9.17, 15) is 19.2 Å². The number of nitrogens with zero attached hydrogens (tertiary/aromatic N) is 1. The molecule has 8 heteroatoms. The fourth-order valence-corrected chi connectivity index (χ4v) is 2.83. The van der Waals surface area contributed by atoms with Crippen LogP contribution in [0.2, 0.25) is 0 Å². The molecule has 0 spiro atoms. The number of ketones is 2. The maximum absolute atomic E-state index is 12.6. The number of nitrogens with two attached hydrogens (primary N) is 1. The van der Waals surface area contributed by atoms with Crippen molar-refractivity contribution in [1.29, 1.82) is 0 Å². The number of rotatable bonds is 7. The van der Waals surface area contributed by atoms with E-state index >= 15 is 0 Å². The van der Waals surface area contributed by atoms with E-state index in [1.807, 2.05) is 6.07 Å². The molecule has 1 aliphatic heterocycles. The standard InChI is InChI=1S/C19H25N3O5/c1-13(23)15(20)16(17(24)18(25)22-10-6-3-7-11-22)21-19(26)27-12-14-8-4-2-5-9-14/h2,4-5,8-9,15-16H,3,6-7,10-12,20H2,1H3,(H,21,26). The number of piperidine rings is 1. The van der Waals surface area contributed by atoms with Crippen molar-refractivity contribution in [3.63, 3.8) is 0 Å². The number of carbonyl (C=O) groups excluding carboxylic acids is 4. The molecule has 2 atom stereocenters. The van der Waals surface area contributed by atoms with E-state index < -0.39 is 35.7 Å². The van der Waals surface area contributed by atoms with Gasteiger partial charge in [0.15, 0.2) is 0 Å². The number of carbonyl (C=O) groups is 4. The molecule has 1 aliphatic rings. The fourth-order valence-electron chi connectivity index (χ4n) is 2.83. The monoisotopic (exact) mass is 375 g/mol. The lowest BCUT2D eigenvalue weighted by Crippen LogP contribution is -2.59. The van der Waals surface area contributed by atoms with Crippen LogP contribution in [0.4, 0.5) is 4.79 Å². The number of ether oxygens (including phenoxy) is 1. The Hall–Kier alpha value is -2.74. The summed E-state index contributed by atoms with van der Waals surface area (Å²) >= 11 is 0. The first-order valence-corrected chi connectivity index (χ1v) is 8.96. The first-order chi connectivity index (χ1) is 12.9. The third-order valence-electron chi connectivity index (χ3n) is 4.45. The minimum absolute atomic E-state index is 0.0109. The van der Waals surface area contributed by atoms with Crippen LogP contribution in [0.3, 0.4) is 0 Å². The second-order valence-corrected chi connectivity index (χ2v) is 6.54. The maximum Gasteiger partial charge on any atom is 0.408 e. The van der Waals surface area contributed by atoms with Gasteiger partial charge in [-0.1, -0.05) is 30.3 Å². The number of likely N-dealkylation sites (tertiary alicyclic amines) is 1. The Morgan fingerprint density at radius 3 is 2.33 bits per heavy atom. The first-order valence-electron chi connectivity index (χ1n) is 8.96. The van der Waals surface area contributed by atoms with E-state index in [1.165, 1.54) is 11.8 Å². The van der Waals surface area contributed by atoms with Crippen molar-refractivity contribution in [3.05, 3.63) is 35.9 Å². The smallest absolute Gasteiger partial charge is 0.408 e. The van der Waals surface area contributed by atoms with Crippen LogP contribution in [0.15, 0.2) is 30.3 Å². The van der Waals surface area contributed by atoms with E-state index in [4.69, 9.17) is 10.5 Å². The second-order valence-electron chi connectivity index (χ2n) is 6.54. The van der Waals surface area contributed by atoms with Crippen LogP contribution in [-0.2, 0) is 25.7 Å². The molecule has 1 aromatic rings. The van der Waals surface area contributed by atoms with Gasteiger partial charge in [0.05, 0.1) is 6.04 Å². The van der Waals surface area contributed by atoms with Crippen molar-refractivity contribution >= 4 is 23.6 Å². The number of hydrogen-bond donors (Lipinski definition) is 2. The highest BCUT2D eigenvalue weighted by molar-refractivity contribution is 6.39. The molecule has 0 bridgehead atoms. The van der Waals surface area contributed by atoms with Crippen molar-refractivity contribution in [3.8, 4) is 0 Å². The van der Waals surface area contributed by atoms with E-state index in [0.717, 1.165) is 24.8 Å². The Labute approximate surface area is 158 Å². The molecular formula is C19H25N3O5. The van der Waals surface area contributed by atoms with Crippen LogP contribution in [0.1, 0.15) is 31.7 Å². The molecule has 2 rings (SSSR count). The molecule has 1 aromatic carbocycles. The Morgan fingerprint density at radius 2 is 1.74 bits per heavy atom. The zero-order chi connectivity index (χ0) is 19.8. The highest BCUT2D eigenvalue weighted by Crippen LogP contribution is 2.11. The van der Waals surface area contributed by atoms with Gasteiger partial charge in [0.1, 0.15) is 18.4 Å². The average Bonchev–Trinajstić information content (AvgIpc) is 2.70. The molecular weight excluding hydrogens is 350 g/mol. The molecule has 2 amide bonds. The van der Waals surface area contributed by atoms with E-state index in [2.05, 4.69) is 5.32 Å². The van der Waals surface area contributed by atoms with Gasteiger partial charge in [-0.3, -0.25) is 14.4 Å². The Bertz CT molecular complexity index is 686. The van der Waals surface area contributed by atoms with Crippen LogP contribution in [0.25, 0.3) is 0 Å². The summed E-state index contributed by atoms with van der Waals surface area (Å²) in [5, 5.41) is 2.28. The van der Waals surface area contributed by atoms with Crippen molar-refractivity contribution < 1.29 is 23.9 Å². The topological polar surface area (TPSA) is 119 Å². The molecule has 8 nitrogen and oxygen atoms in total. The highest BCUT2D eigenvalue weighted by Gasteiger charge is 2.37. The summed E-state index contributed by atoms with van der Waals surface area (Å²) < 4.78 is 5.07. The summed E-state index contributed by atoms with van der Waals surface area (Å²) in [7, 11) is 0. The van der Waals surface area contributed by atoms with Gasteiger partial charge in [-0.15, -0.1) is 0 Å². The molecule has 0 saturated carbocycles. The zero-order valence-corrected chi connectivity index (χ0v) is 15.3. The molecule has 0 radical (unpaired) electrons. The molecule has 1 fully saturated rings. The molecule has 1 heterocycles. The summed E-state index contributed by atoms with van der Waals surface area (Å²) in [6.07, 6.45) is 1.71. The van der Waals surface area contributed by atoms with Gasteiger partial charge in [0.2, 0.25) is 5.78 Å². The third kappa shape index (κ3) is 5.89. The maximum atomic E-state index is 12.6. The number of nitrogens with one attached hydrogen (secondary N) is 1. The van der Waals surface area contributed by atoms with Gasteiger partial charge < -0.3 is 20.7 Å². The SMILES string of the molecule is CC(=O)C(N)C(NC(=O)OCc1ccccc1)C(=O)C(=O)N1CCCCC1. The highest BCUT2D eigenvalue weighted by atomic mass is 16.5. The van der Waals surface area contributed by atoms with E-state index in [1.54, 1.807) is 24.3 Å². The number of amides is 2. The van der Waals surface area contributed by atoms with Crippen molar-refractivity contribution in [2.45, 2.75) is 44.9 Å². The minimum atomic E-state index is -1.46. The van der Waals surface area contributed by atoms with Gasteiger partial charge in [-0.2, -0.15) is 0 Å². The quantitative estimate of drug-likeness (QED) is 0.680. The summed E-state index contributed by atoms with van der Waals surface area (Å²) in [6, 6.07) is 6.19. The Kier molecular flexibility index (Phi) is 7.48. The van der Waals surface area contributed by atoms with Crippen LogP contribution in [0, 0.1) is 0 Å². The van der Waals surface area contributed by atoms with Gasteiger partial charge in [0, 0.05) is 13.1 Å². The molecule has 3 N–H and O–H groups in total. The lowest BCUT2D eigenvalue weighted by Gasteiger charge is -2.28. The average molecular weight is 375 g/mol. The van der Waals surface area contributed by atoms with Gasteiger partial charge in [0.25, 0.3) is 5.91 Å². The van der Waals surface area contributed by atoms with E-state index in [0.29, 0.717) is 13.1 Å². The van der Waals surface area contributed by atoms with Crippen LogP contribution >= 0.6 is 0 Å². The van der Waals surface area contributed by atoms with E-state index in [-0.39, 0.29) is 6.61 Å². The molecule has 27 heavy (non-hydrogen) atoms. The zero-order valence-electron chi connectivity index (χ0n) is 15.3. The van der Waals surface area contributed by atoms with Crippen LogP contribution < -0.4 is 11.1 Å². The summed E-state index contributed by atoms with van der Waals surface area (Å²) in [5.41, 5.74) is 6.53. The fraction of sp³-hybridized carbons (Fsp3) is 0.474. The predicted molar refractivity (Wildman–Crippen MR) is 97.6 cm³/mol. The number of hydrogen-bond acceptors (Lipinski definition) is 6. The summed E-state index contributed by atoms with van der Waals surface area (Å²) in [5.74, 6) is -2.15. The van der Waals surface area contributed by atoms with Crippen LogP contribution in [-0.4, -0.2) is 53.6 Å². The molecule has 0 aliphatic carbocycles. The van der Waals surface area contributed by atoms with Gasteiger partial charge in [-0.25, -0.2) is 4.79 Å². The molecule has 1 saturated heterocycles. The molecule has 146 valence electrons. The lowest BCUT2D eigenvalue weighted by molar-refractivity contribution is -0.146. The summed E-state index contributed by atoms with van der Waals surface area (Å²) in [6.45, 7) is 2.15. The first kappa shape index (κ1) is 20.6. The molecule has 2 unspecified atom stereocenters. The van der Waals surface area contributed by atoms with Crippen LogP contribution in [0.5, 0.6) is 0 Å². The normalized spacial score (nSPS) is 16.1. The van der Waals surface area contributed by atoms with Crippen molar-refractivity contribution in [2.24, 2.45) is 5.73 Å².